The standard InChI is InChI=1S/C20H27NO3/c1-3-12-23-19-10-7-9-18(15-19)21-16-17-8-5-6-11-20(17)24-14-13-22-4-2/h5-11,15,21H,3-4,12-14,16H2,1-2H3. The molecule has 0 aliphatic rings. The van der Waals surface area contributed by atoms with Crippen molar-refractivity contribution >= 4 is 5.69 Å². The summed E-state index contributed by atoms with van der Waals surface area (Å²) in [5.74, 6) is 1.78. The van der Waals surface area contributed by atoms with Crippen molar-refractivity contribution in [3.05, 3.63) is 54.1 Å². The van der Waals surface area contributed by atoms with Crippen LogP contribution in [0, 0.1) is 0 Å². The predicted octanol–water partition coefficient (Wildman–Crippen LogP) is 4.50. The molecular formula is C20H27NO3. The first-order valence-corrected chi connectivity index (χ1v) is 8.58. The van der Waals surface area contributed by atoms with Crippen molar-refractivity contribution in [1.29, 1.82) is 0 Å². The smallest absolute Gasteiger partial charge is 0.124 e. The van der Waals surface area contributed by atoms with E-state index in [9.17, 15) is 0 Å². The largest absolute Gasteiger partial charge is 0.494 e. The van der Waals surface area contributed by atoms with Crippen LogP contribution in [0.2, 0.25) is 0 Å². The fraction of sp³-hybridized carbons (Fsp3) is 0.400. The van der Waals surface area contributed by atoms with Gasteiger partial charge in [0.2, 0.25) is 0 Å². The van der Waals surface area contributed by atoms with Gasteiger partial charge in [-0.05, 0) is 31.5 Å². The Hall–Kier alpha value is -2.20. The Morgan fingerprint density at radius 2 is 1.75 bits per heavy atom. The van der Waals surface area contributed by atoms with E-state index in [0.29, 0.717) is 26.4 Å². The second kappa shape index (κ2) is 10.6. The van der Waals surface area contributed by atoms with Crippen LogP contribution in [-0.4, -0.2) is 26.4 Å². The van der Waals surface area contributed by atoms with Crippen LogP contribution in [0.25, 0.3) is 0 Å². The highest BCUT2D eigenvalue weighted by atomic mass is 16.5. The molecule has 0 radical (unpaired) electrons. The van der Waals surface area contributed by atoms with E-state index in [1.54, 1.807) is 0 Å². The van der Waals surface area contributed by atoms with Gasteiger partial charge in [-0.25, -0.2) is 0 Å². The summed E-state index contributed by atoms with van der Waals surface area (Å²) < 4.78 is 16.8. The van der Waals surface area contributed by atoms with Gasteiger partial charge in [-0.1, -0.05) is 31.2 Å². The van der Waals surface area contributed by atoms with E-state index in [2.05, 4.69) is 18.3 Å². The van der Waals surface area contributed by atoms with Crippen LogP contribution >= 0.6 is 0 Å². The summed E-state index contributed by atoms with van der Waals surface area (Å²) in [6.45, 7) is 7.39. The molecule has 2 aromatic carbocycles. The summed E-state index contributed by atoms with van der Waals surface area (Å²) in [5, 5.41) is 3.43. The quantitative estimate of drug-likeness (QED) is 0.616. The molecule has 2 aromatic rings. The Morgan fingerprint density at radius 3 is 2.58 bits per heavy atom. The molecule has 0 saturated carbocycles. The minimum Gasteiger partial charge on any atom is -0.494 e. The Bertz CT molecular complexity index is 601. The Balaban J connectivity index is 1.91. The third-order valence-electron chi connectivity index (χ3n) is 3.45. The molecular weight excluding hydrogens is 302 g/mol. The number of hydrogen-bond donors (Lipinski definition) is 1. The van der Waals surface area contributed by atoms with E-state index in [0.717, 1.165) is 35.8 Å². The summed E-state index contributed by atoms with van der Waals surface area (Å²) in [6, 6.07) is 16.1. The van der Waals surface area contributed by atoms with Gasteiger partial charge in [-0.2, -0.15) is 0 Å². The lowest BCUT2D eigenvalue weighted by atomic mass is 10.2. The van der Waals surface area contributed by atoms with E-state index >= 15 is 0 Å². The molecule has 130 valence electrons. The van der Waals surface area contributed by atoms with Crippen LogP contribution in [0.15, 0.2) is 48.5 Å². The van der Waals surface area contributed by atoms with Crippen LogP contribution < -0.4 is 14.8 Å². The highest BCUT2D eigenvalue weighted by Gasteiger charge is 2.04. The highest BCUT2D eigenvalue weighted by Crippen LogP contribution is 2.22. The van der Waals surface area contributed by atoms with E-state index in [1.807, 2.05) is 49.4 Å². The van der Waals surface area contributed by atoms with E-state index < -0.39 is 0 Å². The summed E-state index contributed by atoms with van der Waals surface area (Å²) in [5.41, 5.74) is 2.15. The first-order chi connectivity index (χ1) is 11.8. The zero-order valence-electron chi connectivity index (χ0n) is 14.6. The number of benzene rings is 2. The molecule has 0 fully saturated rings. The molecule has 2 rings (SSSR count). The summed E-state index contributed by atoms with van der Waals surface area (Å²) in [4.78, 5) is 0. The SMILES string of the molecule is CCCOc1cccc(NCc2ccccc2OCCOCC)c1. The molecule has 0 aliphatic heterocycles. The number of nitrogens with one attached hydrogen (secondary N) is 1. The van der Waals surface area contributed by atoms with Crippen molar-refractivity contribution in [2.45, 2.75) is 26.8 Å². The van der Waals surface area contributed by atoms with E-state index in [4.69, 9.17) is 14.2 Å². The third kappa shape index (κ3) is 6.13. The van der Waals surface area contributed by atoms with Gasteiger partial charge in [0.1, 0.15) is 18.1 Å². The molecule has 4 nitrogen and oxygen atoms in total. The molecule has 0 bridgehead atoms. The van der Waals surface area contributed by atoms with Crippen LogP contribution in [0.5, 0.6) is 11.5 Å². The lowest BCUT2D eigenvalue weighted by molar-refractivity contribution is 0.110. The van der Waals surface area contributed by atoms with Gasteiger partial charge in [0, 0.05) is 30.5 Å². The first-order valence-electron chi connectivity index (χ1n) is 8.58. The average Bonchev–Trinajstić information content (AvgIpc) is 2.63. The molecule has 0 saturated heterocycles. The Labute approximate surface area is 144 Å². The van der Waals surface area contributed by atoms with Crippen LogP contribution in [0.3, 0.4) is 0 Å². The van der Waals surface area contributed by atoms with E-state index in [-0.39, 0.29) is 0 Å². The molecule has 0 amide bonds. The maximum atomic E-state index is 5.81. The first kappa shape index (κ1) is 18.1. The minimum atomic E-state index is 0.561. The number of hydrogen-bond acceptors (Lipinski definition) is 4. The Kier molecular flexibility index (Phi) is 7.98. The van der Waals surface area contributed by atoms with Gasteiger partial charge in [-0.15, -0.1) is 0 Å². The molecule has 0 aromatic heterocycles. The predicted molar refractivity (Wildman–Crippen MR) is 98.0 cm³/mol. The van der Waals surface area contributed by atoms with Gasteiger partial charge in [0.25, 0.3) is 0 Å². The molecule has 1 N–H and O–H groups in total. The topological polar surface area (TPSA) is 39.7 Å². The van der Waals surface area contributed by atoms with Crippen molar-refractivity contribution in [2.75, 3.05) is 31.7 Å². The molecule has 0 heterocycles. The molecule has 24 heavy (non-hydrogen) atoms. The second-order valence-corrected chi connectivity index (χ2v) is 5.38. The van der Waals surface area contributed by atoms with Crippen LogP contribution in [0.4, 0.5) is 5.69 Å². The van der Waals surface area contributed by atoms with Gasteiger partial charge >= 0.3 is 0 Å². The van der Waals surface area contributed by atoms with E-state index in [1.165, 1.54) is 0 Å². The van der Waals surface area contributed by atoms with Gasteiger partial charge in [0.05, 0.1) is 13.2 Å². The summed E-state index contributed by atoms with van der Waals surface area (Å²) >= 11 is 0. The maximum Gasteiger partial charge on any atom is 0.124 e. The fourth-order valence-electron chi connectivity index (χ4n) is 2.26. The fourth-order valence-corrected chi connectivity index (χ4v) is 2.26. The van der Waals surface area contributed by atoms with Crippen molar-refractivity contribution in [3.63, 3.8) is 0 Å². The third-order valence-corrected chi connectivity index (χ3v) is 3.45. The number of ether oxygens (including phenoxy) is 3. The molecule has 4 heteroatoms. The van der Waals surface area contributed by atoms with Gasteiger partial charge in [0.15, 0.2) is 0 Å². The van der Waals surface area contributed by atoms with Crippen LogP contribution in [-0.2, 0) is 11.3 Å². The number of rotatable bonds is 11. The lowest BCUT2D eigenvalue weighted by Crippen LogP contribution is -2.09. The van der Waals surface area contributed by atoms with Crippen molar-refractivity contribution in [2.24, 2.45) is 0 Å². The molecule has 0 aliphatic carbocycles. The lowest BCUT2D eigenvalue weighted by Gasteiger charge is -2.13. The molecule has 0 spiro atoms. The monoisotopic (exact) mass is 329 g/mol. The zero-order valence-corrected chi connectivity index (χ0v) is 14.6. The van der Waals surface area contributed by atoms with Crippen molar-refractivity contribution < 1.29 is 14.2 Å². The van der Waals surface area contributed by atoms with Crippen LogP contribution in [0.1, 0.15) is 25.8 Å². The second-order valence-electron chi connectivity index (χ2n) is 5.38. The Morgan fingerprint density at radius 1 is 0.875 bits per heavy atom. The summed E-state index contributed by atoms with van der Waals surface area (Å²) in [7, 11) is 0. The van der Waals surface area contributed by atoms with Crippen molar-refractivity contribution in [3.8, 4) is 11.5 Å². The molecule has 0 atom stereocenters. The maximum absolute atomic E-state index is 5.81. The zero-order chi connectivity index (χ0) is 17.0. The van der Waals surface area contributed by atoms with Gasteiger partial charge < -0.3 is 19.5 Å². The minimum absolute atomic E-state index is 0.561. The summed E-state index contributed by atoms with van der Waals surface area (Å²) in [6.07, 6.45) is 1.00. The van der Waals surface area contributed by atoms with Crippen molar-refractivity contribution in [1.82, 2.24) is 0 Å². The average molecular weight is 329 g/mol. The van der Waals surface area contributed by atoms with Gasteiger partial charge in [-0.3, -0.25) is 0 Å². The normalized spacial score (nSPS) is 10.4. The number of anilines is 1. The molecule has 0 unspecified atom stereocenters. The highest BCUT2D eigenvalue weighted by molar-refractivity contribution is 5.49. The number of para-hydroxylation sites is 1.